The van der Waals surface area contributed by atoms with Crippen molar-refractivity contribution in [1.82, 2.24) is 20.4 Å². The molecule has 1 aliphatic heterocycles. The van der Waals surface area contributed by atoms with Gasteiger partial charge in [-0.3, -0.25) is 34.6 Å². The number of nitrogens with two attached hydrogens (primary N) is 1. The van der Waals surface area contributed by atoms with Gasteiger partial charge in [-0.1, -0.05) is 5.17 Å². The SMILES string of the molecule is Nc1ccc2c(=O)[nH][nH]c(=O)c2c1.O=C(O)N(O)N1C(=O)CCC1=O. The zero-order chi connectivity index (χ0) is 18.7. The normalized spacial score (nSPS) is 13.6. The number of hydrogen-bond donors (Lipinski definition) is 5. The van der Waals surface area contributed by atoms with Crippen LogP contribution in [0.3, 0.4) is 0 Å². The molecule has 0 unspecified atom stereocenters. The summed E-state index contributed by atoms with van der Waals surface area (Å²) in [6.07, 6.45) is -1.90. The summed E-state index contributed by atoms with van der Waals surface area (Å²) in [6.45, 7) is 0. The van der Waals surface area contributed by atoms with Crippen LogP contribution in [0, 0.1) is 0 Å². The molecule has 0 bridgehead atoms. The Hall–Kier alpha value is -3.67. The number of carboxylic acid groups (broad SMARTS) is 1. The Morgan fingerprint density at radius 1 is 1.04 bits per heavy atom. The number of nitrogens with one attached hydrogen (secondary N) is 2. The van der Waals surface area contributed by atoms with Crippen LogP contribution in [0.2, 0.25) is 0 Å². The number of aromatic nitrogens is 2. The Balaban J connectivity index is 0.000000181. The van der Waals surface area contributed by atoms with Gasteiger partial charge < -0.3 is 10.8 Å². The zero-order valence-electron chi connectivity index (χ0n) is 12.6. The molecule has 1 aliphatic rings. The lowest BCUT2D eigenvalue weighted by atomic mass is 10.2. The van der Waals surface area contributed by atoms with Crippen LogP contribution < -0.4 is 16.9 Å². The Morgan fingerprint density at radius 2 is 1.56 bits per heavy atom. The minimum Gasteiger partial charge on any atom is -0.462 e. The van der Waals surface area contributed by atoms with Gasteiger partial charge in [-0.05, 0) is 18.2 Å². The highest BCUT2D eigenvalue weighted by Crippen LogP contribution is 2.13. The number of nitrogens with zero attached hydrogens (tertiary/aromatic N) is 2. The molecule has 12 heteroatoms. The third-order valence-electron chi connectivity index (χ3n) is 3.21. The fourth-order valence-corrected chi connectivity index (χ4v) is 2.06. The fourth-order valence-electron chi connectivity index (χ4n) is 2.06. The first kappa shape index (κ1) is 17.7. The van der Waals surface area contributed by atoms with Gasteiger partial charge in [0.05, 0.1) is 10.8 Å². The lowest BCUT2D eigenvalue weighted by Gasteiger charge is -2.19. The molecule has 0 spiro atoms. The number of aromatic amines is 2. The molecule has 1 aromatic heterocycles. The van der Waals surface area contributed by atoms with E-state index in [9.17, 15) is 24.0 Å². The molecule has 12 nitrogen and oxygen atoms in total. The maximum Gasteiger partial charge on any atom is 0.452 e. The first-order chi connectivity index (χ1) is 11.7. The highest BCUT2D eigenvalue weighted by Gasteiger charge is 2.36. The van der Waals surface area contributed by atoms with Gasteiger partial charge >= 0.3 is 6.09 Å². The predicted octanol–water partition coefficient (Wildman–Crippen LogP) is -0.782. The summed E-state index contributed by atoms with van der Waals surface area (Å²) in [4.78, 5) is 54.0. The number of hydroxylamine groups is 1. The molecule has 0 saturated carbocycles. The van der Waals surface area contributed by atoms with Crippen molar-refractivity contribution in [2.75, 3.05) is 5.73 Å². The number of fused-ring (bicyclic) bond motifs is 1. The third kappa shape index (κ3) is 3.64. The Bertz CT molecular complexity index is 947. The van der Waals surface area contributed by atoms with E-state index in [0.29, 0.717) is 16.5 Å². The highest BCUT2D eigenvalue weighted by atomic mass is 16.6. The van der Waals surface area contributed by atoms with E-state index in [1.165, 1.54) is 12.1 Å². The highest BCUT2D eigenvalue weighted by molar-refractivity contribution is 6.02. The zero-order valence-corrected chi connectivity index (χ0v) is 12.6. The summed E-state index contributed by atoms with van der Waals surface area (Å²) in [5.74, 6) is -1.44. The number of nitrogen functional groups attached to an aromatic ring is 1. The van der Waals surface area contributed by atoms with Gasteiger partial charge in [0.25, 0.3) is 22.9 Å². The number of rotatable bonds is 1. The third-order valence-corrected chi connectivity index (χ3v) is 3.21. The van der Waals surface area contributed by atoms with Crippen LogP contribution in [-0.2, 0) is 9.59 Å². The van der Waals surface area contributed by atoms with E-state index in [1.807, 2.05) is 0 Å². The lowest BCUT2D eigenvalue weighted by Crippen LogP contribution is -2.46. The van der Waals surface area contributed by atoms with Crippen molar-refractivity contribution >= 4 is 34.4 Å². The number of imide groups is 1. The first-order valence-corrected chi connectivity index (χ1v) is 6.80. The van der Waals surface area contributed by atoms with Crippen molar-refractivity contribution in [3.63, 3.8) is 0 Å². The summed E-state index contributed by atoms with van der Waals surface area (Å²) >= 11 is 0. The van der Waals surface area contributed by atoms with E-state index in [0.717, 1.165) is 0 Å². The van der Waals surface area contributed by atoms with Crippen LogP contribution in [0.5, 0.6) is 0 Å². The molecule has 1 fully saturated rings. The molecule has 2 heterocycles. The molecule has 1 saturated heterocycles. The summed E-state index contributed by atoms with van der Waals surface area (Å²) in [6, 6.07) is 4.58. The van der Waals surface area contributed by atoms with E-state index in [4.69, 9.17) is 16.0 Å². The number of amides is 3. The topological polar surface area (TPSA) is 190 Å². The first-order valence-electron chi connectivity index (χ1n) is 6.80. The second-order valence-corrected chi connectivity index (χ2v) is 4.88. The largest absolute Gasteiger partial charge is 0.462 e. The van der Waals surface area contributed by atoms with Gasteiger partial charge in [0, 0.05) is 18.5 Å². The molecular formula is C13H13N5O7. The number of hydrogen-bond acceptors (Lipinski definition) is 7. The summed E-state index contributed by atoms with van der Waals surface area (Å²) < 4.78 is 0. The molecule has 132 valence electrons. The van der Waals surface area contributed by atoms with Crippen LogP contribution in [-0.4, -0.2) is 48.6 Å². The number of carbonyl (C=O) groups is 3. The molecule has 25 heavy (non-hydrogen) atoms. The lowest BCUT2D eigenvalue weighted by molar-refractivity contribution is -0.209. The average molecular weight is 351 g/mol. The van der Waals surface area contributed by atoms with Crippen LogP contribution in [0.1, 0.15) is 12.8 Å². The molecule has 1 aromatic carbocycles. The molecule has 2 aromatic rings. The van der Waals surface area contributed by atoms with Crippen molar-refractivity contribution in [2.24, 2.45) is 0 Å². The molecule has 0 atom stereocenters. The van der Waals surface area contributed by atoms with Gasteiger partial charge in [0.2, 0.25) is 0 Å². The van der Waals surface area contributed by atoms with Crippen LogP contribution >= 0.6 is 0 Å². The molecule has 6 N–H and O–H groups in total. The smallest absolute Gasteiger partial charge is 0.452 e. The van der Waals surface area contributed by atoms with E-state index in [-0.39, 0.29) is 29.0 Å². The standard InChI is InChI=1S/C8H7N3O2.C5H6N2O5/c9-4-1-2-5-6(3-4)8(13)11-10-7(5)12;8-3-1-2-4(9)6(3)7(12)5(10)11/h1-3H,9H2,(H,10,12)(H,11,13);12H,1-2H2,(H,10,11). The monoisotopic (exact) mass is 351 g/mol. The van der Waals surface area contributed by atoms with Crippen molar-refractivity contribution in [3.05, 3.63) is 38.9 Å². The summed E-state index contributed by atoms with van der Waals surface area (Å²) in [5, 5.41) is 21.8. The van der Waals surface area contributed by atoms with E-state index < -0.39 is 23.1 Å². The quantitative estimate of drug-likeness (QED) is 0.191. The number of carbonyl (C=O) groups excluding carboxylic acids is 2. The second kappa shape index (κ2) is 6.84. The van der Waals surface area contributed by atoms with Gasteiger partial charge in [-0.15, -0.1) is 0 Å². The van der Waals surface area contributed by atoms with Crippen LogP contribution in [0.15, 0.2) is 27.8 Å². The van der Waals surface area contributed by atoms with Crippen molar-refractivity contribution < 1.29 is 24.7 Å². The molecule has 3 amide bonds. The second-order valence-electron chi connectivity index (χ2n) is 4.88. The number of anilines is 1. The van der Waals surface area contributed by atoms with Crippen molar-refractivity contribution in [1.29, 1.82) is 0 Å². The van der Waals surface area contributed by atoms with Crippen LogP contribution in [0.25, 0.3) is 10.8 Å². The van der Waals surface area contributed by atoms with Crippen molar-refractivity contribution in [2.45, 2.75) is 12.8 Å². The summed E-state index contributed by atoms with van der Waals surface area (Å²) in [5.41, 5.74) is 5.27. The summed E-state index contributed by atoms with van der Waals surface area (Å²) in [7, 11) is 0. The minimum atomic E-state index is -1.77. The molecule has 3 rings (SSSR count). The number of H-pyrrole nitrogens is 2. The average Bonchev–Trinajstić information content (AvgIpc) is 2.89. The van der Waals surface area contributed by atoms with Gasteiger partial charge in [-0.2, -0.15) is 5.01 Å². The molecule has 0 aliphatic carbocycles. The van der Waals surface area contributed by atoms with Crippen LogP contribution in [0.4, 0.5) is 10.5 Å². The molecule has 0 radical (unpaired) electrons. The fraction of sp³-hybridized carbons (Fsp3) is 0.154. The maximum absolute atomic E-state index is 11.2. The van der Waals surface area contributed by atoms with Gasteiger partial charge in [0.15, 0.2) is 0 Å². The van der Waals surface area contributed by atoms with Gasteiger partial charge in [-0.25, -0.2) is 4.79 Å². The van der Waals surface area contributed by atoms with E-state index in [2.05, 4.69) is 10.2 Å². The Kier molecular flexibility index (Phi) is 4.84. The molecular weight excluding hydrogens is 338 g/mol. The minimum absolute atomic E-state index is 0.0663. The predicted molar refractivity (Wildman–Crippen MR) is 82.3 cm³/mol. The maximum atomic E-state index is 11.2. The number of benzene rings is 1. The van der Waals surface area contributed by atoms with E-state index >= 15 is 0 Å². The van der Waals surface area contributed by atoms with Crippen molar-refractivity contribution in [3.8, 4) is 0 Å². The van der Waals surface area contributed by atoms with E-state index in [1.54, 1.807) is 6.07 Å². The Labute approximate surface area is 138 Å². The van der Waals surface area contributed by atoms with Gasteiger partial charge in [0.1, 0.15) is 0 Å². The number of hydrazine groups is 1. The Morgan fingerprint density at radius 3 is 2.08 bits per heavy atom.